The van der Waals surface area contributed by atoms with Crippen molar-refractivity contribution in [3.8, 4) is 23.0 Å². The number of aromatic nitrogens is 3. The van der Waals surface area contributed by atoms with E-state index in [1.54, 1.807) is 25.4 Å². The minimum Gasteiger partial charge on any atom is -0.385 e. The number of benzene rings is 1. The maximum Gasteiger partial charge on any atom is 0.280 e. The fraction of sp³-hybridized carbons (Fsp3) is 0.238. The van der Waals surface area contributed by atoms with E-state index in [0.29, 0.717) is 36.5 Å². The van der Waals surface area contributed by atoms with Gasteiger partial charge in [-0.05, 0) is 29.7 Å². The molecular formula is C21H21N5O3. The van der Waals surface area contributed by atoms with Crippen LogP contribution in [0.1, 0.15) is 22.3 Å². The summed E-state index contributed by atoms with van der Waals surface area (Å²) < 4.78 is 6.26. The Morgan fingerprint density at radius 3 is 2.72 bits per heavy atom. The van der Waals surface area contributed by atoms with E-state index < -0.39 is 0 Å². The first-order valence-electron chi connectivity index (χ1n) is 9.14. The number of ether oxygens (including phenoxy) is 1. The van der Waals surface area contributed by atoms with Gasteiger partial charge in [0.25, 0.3) is 11.5 Å². The minimum absolute atomic E-state index is 0.225. The normalized spacial score (nSPS) is 10.5. The predicted molar refractivity (Wildman–Crippen MR) is 108 cm³/mol. The zero-order chi connectivity index (χ0) is 20.6. The Morgan fingerprint density at radius 2 is 2.07 bits per heavy atom. The second kappa shape index (κ2) is 9.48. The average molecular weight is 391 g/mol. The van der Waals surface area contributed by atoms with Gasteiger partial charge in [-0.3, -0.25) is 14.7 Å². The lowest BCUT2D eigenvalue weighted by Crippen LogP contribution is -2.25. The molecule has 2 aromatic heterocycles. The molecular weight excluding hydrogens is 370 g/mol. The van der Waals surface area contributed by atoms with E-state index >= 15 is 0 Å². The van der Waals surface area contributed by atoms with Crippen molar-refractivity contribution in [2.45, 2.75) is 12.8 Å². The molecule has 29 heavy (non-hydrogen) atoms. The van der Waals surface area contributed by atoms with Crippen molar-refractivity contribution < 1.29 is 9.53 Å². The number of aromatic amines is 1. The summed E-state index contributed by atoms with van der Waals surface area (Å²) in [6, 6.07) is 12.6. The third-order valence-corrected chi connectivity index (χ3v) is 4.37. The van der Waals surface area contributed by atoms with Gasteiger partial charge in [-0.25, -0.2) is 9.67 Å². The van der Waals surface area contributed by atoms with Crippen LogP contribution in [0.25, 0.3) is 16.9 Å². The lowest BCUT2D eigenvalue weighted by molar-refractivity contribution is 0.0948. The van der Waals surface area contributed by atoms with Gasteiger partial charge in [0.1, 0.15) is 0 Å². The van der Waals surface area contributed by atoms with E-state index in [-0.39, 0.29) is 11.5 Å². The topological polar surface area (TPSA) is 113 Å². The molecule has 0 aliphatic carbocycles. The maximum atomic E-state index is 12.8. The molecule has 3 aromatic rings. The molecule has 8 heteroatoms. The van der Waals surface area contributed by atoms with E-state index in [2.05, 4.69) is 21.5 Å². The molecule has 0 aliphatic heterocycles. The smallest absolute Gasteiger partial charge is 0.280 e. The average Bonchev–Trinajstić information content (AvgIpc) is 3.13. The van der Waals surface area contributed by atoms with Crippen LogP contribution < -0.4 is 10.9 Å². The van der Waals surface area contributed by atoms with Crippen LogP contribution in [0, 0.1) is 11.3 Å². The highest BCUT2D eigenvalue weighted by atomic mass is 16.5. The van der Waals surface area contributed by atoms with Crippen LogP contribution in [-0.2, 0) is 11.2 Å². The fourth-order valence-electron chi connectivity index (χ4n) is 2.81. The summed E-state index contributed by atoms with van der Waals surface area (Å²) in [7, 11) is 1.61. The minimum atomic E-state index is -0.248. The van der Waals surface area contributed by atoms with E-state index in [1.807, 2.05) is 24.3 Å². The predicted octanol–water partition coefficient (Wildman–Crippen LogP) is 2.06. The molecule has 0 radical (unpaired) electrons. The van der Waals surface area contributed by atoms with Gasteiger partial charge in [0, 0.05) is 32.7 Å². The second-order valence-corrected chi connectivity index (χ2v) is 6.37. The number of H-pyrrole nitrogens is 1. The number of rotatable bonds is 8. The van der Waals surface area contributed by atoms with Gasteiger partial charge in [0.05, 0.1) is 23.6 Å². The molecule has 0 saturated heterocycles. The highest BCUT2D eigenvalue weighted by molar-refractivity contribution is 5.93. The van der Waals surface area contributed by atoms with Crippen LogP contribution in [0.2, 0.25) is 0 Å². The highest BCUT2D eigenvalue weighted by Gasteiger charge is 2.12. The lowest BCUT2D eigenvalue weighted by Gasteiger charge is -2.05. The Bertz CT molecular complexity index is 1060. The number of carbonyl (C=O) groups is 1. The standard InChI is InChI=1S/C21H21N5O3/c1-29-12-2-11-23-20(27)17-7-8-19(24-13-17)26-21(28)18(14-25-26)16-5-3-15(4-6-16)9-10-22/h3-8,13-14,25H,2,9,11-12H2,1H3,(H,23,27). The molecule has 3 rings (SSSR count). The first-order valence-corrected chi connectivity index (χ1v) is 9.14. The summed E-state index contributed by atoms with van der Waals surface area (Å²) >= 11 is 0. The Morgan fingerprint density at radius 1 is 1.28 bits per heavy atom. The van der Waals surface area contributed by atoms with Crippen molar-refractivity contribution in [3.05, 3.63) is 70.3 Å². The summed E-state index contributed by atoms with van der Waals surface area (Å²) in [6.45, 7) is 1.09. The van der Waals surface area contributed by atoms with Crippen molar-refractivity contribution in [3.63, 3.8) is 0 Å². The number of methoxy groups -OCH3 is 1. The number of carbonyl (C=O) groups excluding carboxylic acids is 1. The highest BCUT2D eigenvalue weighted by Crippen LogP contribution is 2.17. The van der Waals surface area contributed by atoms with Gasteiger partial charge in [-0.15, -0.1) is 0 Å². The molecule has 0 aliphatic rings. The first-order chi connectivity index (χ1) is 14.1. The zero-order valence-corrected chi connectivity index (χ0v) is 16.0. The van der Waals surface area contributed by atoms with Crippen molar-refractivity contribution >= 4 is 5.91 Å². The van der Waals surface area contributed by atoms with Crippen molar-refractivity contribution in [1.82, 2.24) is 20.1 Å². The number of nitrogens with one attached hydrogen (secondary N) is 2. The van der Waals surface area contributed by atoms with Crippen LogP contribution in [-0.4, -0.2) is 40.9 Å². The SMILES string of the molecule is COCCCNC(=O)c1ccc(-n2[nH]cc(-c3ccc(CC#N)cc3)c2=O)nc1. The molecule has 1 amide bonds. The number of pyridine rings is 1. The Labute approximate surface area is 167 Å². The van der Waals surface area contributed by atoms with Crippen LogP contribution in [0.15, 0.2) is 53.6 Å². The Balaban J connectivity index is 1.74. The molecule has 0 atom stereocenters. The van der Waals surface area contributed by atoms with Gasteiger partial charge in [0.2, 0.25) is 0 Å². The number of amides is 1. The van der Waals surface area contributed by atoms with E-state index in [1.165, 1.54) is 10.9 Å². The number of hydrogen-bond acceptors (Lipinski definition) is 5. The third-order valence-electron chi connectivity index (χ3n) is 4.37. The molecule has 148 valence electrons. The number of hydrogen-bond donors (Lipinski definition) is 2. The van der Waals surface area contributed by atoms with Gasteiger partial charge in [-0.2, -0.15) is 5.26 Å². The van der Waals surface area contributed by atoms with Gasteiger partial charge < -0.3 is 10.1 Å². The summed E-state index contributed by atoms with van der Waals surface area (Å²) in [5.74, 6) is 0.162. The summed E-state index contributed by atoms with van der Waals surface area (Å²) in [5.41, 5.74) is 2.31. The van der Waals surface area contributed by atoms with Gasteiger partial charge in [0.15, 0.2) is 5.82 Å². The first kappa shape index (κ1) is 20.0. The van der Waals surface area contributed by atoms with Crippen molar-refractivity contribution in [1.29, 1.82) is 5.26 Å². The largest absolute Gasteiger partial charge is 0.385 e. The summed E-state index contributed by atoms with van der Waals surface area (Å²) in [6.07, 6.45) is 4.10. The van der Waals surface area contributed by atoms with Gasteiger partial charge >= 0.3 is 0 Å². The molecule has 1 aromatic carbocycles. The van der Waals surface area contributed by atoms with Gasteiger partial charge in [-0.1, -0.05) is 24.3 Å². The second-order valence-electron chi connectivity index (χ2n) is 6.37. The number of nitriles is 1. The van der Waals surface area contributed by atoms with E-state index in [4.69, 9.17) is 10.00 Å². The molecule has 2 N–H and O–H groups in total. The third kappa shape index (κ3) is 4.78. The van der Waals surface area contributed by atoms with Crippen molar-refractivity contribution in [2.24, 2.45) is 0 Å². The summed E-state index contributed by atoms with van der Waals surface area (Å²) in [5, 5.41) is 14.4. The Kier molecular flexibility index (Phi) is 6.55. The quantitative estimate of drug-likeness (QED) is 0.571. The molecule has 2 heterocycles. The molecule has 0 fully saturated rings. The van der Waals surface area contributed by atoms with E-state index in [9.17, 15) is 9.59 Å². The van der Waals surface area contributed by atoms with Crippen LogP contribution in [0.4, 0.5) is 0 Å². The number of nitrogens with zero attached hydrogens (tertiary/aromatic N) is 3. The van der Waals surface area contributed by atoms with Crippen LogP contribution >= 0.6 is 0 Å². The van der Waals surface area contributed by atoms with Crippen LogP contribution in [0.5, 0.6) is 0 Å². The molecule has 8 nitrogen and oxygen atoms in total. The molecule has 0 saturated carbocycles. The fourth-order valence-corrected chi connectivity index (χ4v) is 2.81. The molecule has 0 unspecified atom stereocenters. The molecule has 0 bridgehead atoms. The van der Waals surface area contributed by atoms with E-state index in [0.717, 1.165) is 17.5 Å². The molecule has 0 spiro atoms. The monoisotopic (exact) mass is 391 g/mol. The maximum absolute atomic E-state index is 12.8. The van der Waals surface area contributed by atoms with Crippen LogP contribution in [0.3, 0.4) is 0 Å². The van der Waals surface area contributed by atoms with Crippen molar-refractivity contribution in [2.75, 3.05) is 20.3 Å². The summed E-state index contributed by atoms with van der Waals surface area (Å²) in [4.78, 5) is 29.1. The Hall–Kier alpha value is -3.70. The lowest BCUT2D eigenvalue weighted by atomic mass is 10.1. The zero-order valence-electron chi connectivity index (χ0n) is 16.0.